The smallest absolute Gasteiger partial charge is 0.271 e. The summed E-state index contributed by atoms with van der Waals surface area (Å²) in [6, 6.07) is 3.19. The van der Waals surface area contributed by atoms with Crippen molar-refractivity contribution in [1.29, 1.82) is 0 Å². The first-order valence-electron chi connectivity index (χ1n) is 2.38. The van der Waals surface area contributed by atoms with Crippen molar-refractivity contribution in [1.82, 2.24) is 0 Å². The Morgan fingerprint density at radius 1 is 1.67 bits per heavy atom. The van der Waals surface area contributed by atoms with Gasteiger partial charge in [0.25, 0.3) is 5.03 Å². The Kier molecular flexibility index (Phi) is 1.48. The summed E-state index contributed by atoms with van der Waals surface area (Å²) in [6.45, 7) is 0. The van der Waals surface area contributed by atoms with E-state index in [9.17, 15) is 5.21 Å². The number of aromatic nitrogens is 1. The molecule has 0 saturated carbocycles. The van der Waals surface area contributed by atoms with E-state index in [1.165, 1.54) is 6.20 Å². The molecule has 48 valence electrons. The molecule has 0 aliphatic heterocycles. The zero-order valence-electron chi connectivity index (χ0n) is 4.61. The molecule has 0 fully saturated rings. The maximum absolute atomic E-state index is 10.6. The molecule has 4 heteroatoms. The minimum atomic E-state index is 0.248. The van der Waals surface area contributed by atoms with Gasteiger partial charge in [-0.25, -0.2) is 0 Å². The summed E-state index contributed by atoms with van der Waals surface area (Å²) in [5.41, 5.74) is 5.72. The maximum Gasteiger partial charge on any atom is 0.271 e. The van der Waals surface area contributed by atoms with Crippen LogP contribution in [0.4, 0.5) is 5.69 Å². The van der Waals surface area contributed by atoms with E-state index in [2.05, 4.69) is 12.6 Å². The van der Waals surface area contributed by atoms with Gasteiger partial charge in [-0.1, -0.05) is 12.6 Å². The minimum Gasteiger partial charge on any atom is -0.618 e. The van der Waals surface area contributed by atoms with Gasteiger partial charge in [0.05, 0.1) is 0 Å². The van der Waals surface area contributed by atoms with E-state index >= 15 is 0 Å². The first-order chi connectivity index (χ1) is 4.22. The van der Waals surface area contributed by atoms with E-state index in [4.69, 9.17) is 5.73 Å². The highest BCUT2D eigenvalue weighted by molar-refractivity contribution is 7.80. The van der Waals surface area contributed by atoms with Crippen molar-refractivity contribution in [3.05, 3.63) is 23.5 Å². The Hall–Kier alpha value is -0.900. The fourth-order valence-electron chi connectivity index (χ4n) is 0.497. The number of rotatable bonds is 0. The van der Waals surface area contributed by atoms with Crippen LogP contribution in [0.2, 0.25) is 0 Å². The number of nitrogens with zero attached hydrogens (tertiary/aromatic N) is 1. The van der Waals surface area contributed by atoms with Gasteiger partial charge in [0.2, 0.25) is 0 Å². The highest BCUT2D eigenvalue weighted by Gasteiger charge is 2.00. The molecule has 0 aliphatic carbocycles. The topological polar surface area (TPSA) is 53.0 Å². The quantitative estimate of drug-likeness (QED) is 0.308. The molecule has 2 N–H and O–H groups in total. The fourth-order valence-corrected chi connectivity index (χ4v) is 0.638. The lowest BCUT2D eigenvalue weighted by molar-refractivity contribution is -0.644. The standard InChI is InChI=1S/C5H6N2OS/c6-4-2-1-3-7(8)5(4)9/h1-3,9H,6H2. The number of hydrogen-bond acceptors (Lipinski definition) is 3. The van der Waals surface area contributed by atoms with E-state index in [1.807, 2.05) is 0 Å². The molecule has 0 spiro atoms. The third-order valence-electron chi connectivity index (χ3n) is 0.964. The van der Waals surface area contributed by atoms with E-state index in [-0.39, 0.29) is 5.03 Å². The molecule has 1 aromatic heterocycles. The summed E-state index contributed by atoms with van der Waals surface area (Å²) >= 11 is 3.84. The molecule has 0 amide bonds. The van der Waals surface area contributed by atoms with Gasteiger partial charge in [0, 0.05) is 6.07 Å². The van der Waals surface area contributed by atoms with Crippen molar-refractivity contribution in [2.75, 3.05) is 5.73 Å². The lowest BCUT2D eigenvalue weighted by Crippen LogP contribution is -2.27. The highest BCUT2D eigenvalue weighted by atomic mass is 32.1. The normalized spacial score (nSPS) is 9.44. The zero-order valence-corrected chi connectivity index (χ0v) is 5.51. The average Bonchev–Trinajstić information content (AvgIpc) is 1.83. The summed E-state index contributed by atoms with van der Waals surface area (Å²) in [5.74, 6) is 0. The van der Waals surface area contributed by atoms with Crippen LogP contribution in [0.3, 0.4) is 0 Å². The minimum absolute atomic E-state index is 0.248. The Balaban J connectivity index is 3.25. The second-order valence-corrected chi connectivity index (χ2v) is 2.04. The number of anilines is 1. The third kappa shape index (κ3) is 1.08. The second kappa shape index (κ2) is 2.14. The van der Waals surface area contributed by atoms with Crippen molar-refractivity contribution in [3.63, 3.8) is 0 Å². The van der Waals surface area contributed by atoms with Gasteiger partial charge in [-0.15, -0.1) is 0 Å². The highest BCUT2D eigenvalue weighted by Crippen LogP contribution is 2.07. The van der Waals surface area contributed by atoms with Crippen LogP contribution in [0, 0.1) is 5.21 Å². The molecule has 0 unspecified atom stereocenters. The van der Waals surface area contributed by atoms with Crippen molar-refractivity contribution in [2.24, 2.45) is 0 Å². The number of thiol groups is 1. The predicted octanol–water partition coefficient (Wildman–Crippen LogP) is 0.191. The summed E-state index contributed by atoms with van der Waals surface area (Å²) in [5, 5.41) is 10.8. The predicted molar refractivity (Wildman–Crippen MR) is 37.1 cm³/mol. The molecule has 0 bridgehead atoms. The van der Waals surface area contributed by atoms with Gasteiger partial charge in [0.15, 0.2) is 6.20 Å². The maximum atomic E-state index is 10.6. The Labute approximate surface area is 58.1 Å². The van der Waals surface area contributed by atoms with E-state index in [1.54, 1.807) is 12.1 Å². The SMILES string of the molecule is Nc1ccc[n+]([O-])c1S. The molecule has 3 nitrogen and oxygen atoms in total. The van der Waals surface area contributed by atoms with Crippen LogP contribution in [0.1, 0.15) is 0 Å². The Morgan fingerprint density at radius 3 is 2.78 bits per heavy atom. The third-order valence-corrected chi connectivity index (χ3v) is 1.42. The average molecular weight is 142 g/mol. The van der Waals surface area contributed by atoms with E-state index in [0.717, 1.165) is 0 Å². The zero-order chi connectivity index (χ0) is 6.85. The van der Waals surface area contributed by atoms with Crippen molar-refractivity contribution in [2.45, 2.75) is 5.03 Å². The molecule has 1 aromatic rings. The molecule has 9 heavy (non-hydrogen) atoms. The molecular formula is C5H6N2OS. The fraction of sp³-hybridized carbons (Fsp3) is 0. The van der Waals surface area contributed by atoms with Gasteiger partial charge in [-0.3, -0.25) is 0 Å². The molecule has 1 heterocycles. The Bertz CT molecular complexity index is 206. The van der Waals surface area contributed by atoms with Crippen LogP contribution < -0.4 is 10.5 Å². The van der Waals surface area contributed by atoms with Crippen LogP contribution in [0.15, 0.2) is 23.4 Å². The second-order valence-electron chi connectivity index (χ2n) is 1.61. The lowest BCUT2D eigenvalue weighted by Gasteiger charge is -1.98. The molecule has 0 saturated heterocycles. The van der Waals surface area contributed by atoms with E-state index in [0.29, 0.717) is 10.4 Å². The number of nitrogen functional groups attached to an aromatic ring is 1. The van der Waals surface area contributed by atoms with Crippen LogP contribution in [-0.4, -0.2) is 0 Å². The monoisotopic (exact) mass is 142 g/mol. The van der Waals surface area contributed by atoms with E-state index < -0.39 is 0 Å². The first kappa shape index (κ1) is 6.22. The van der Waals surface area contributed by atoms with Crippen LogP contribution in [-0.2, 0) is 0 Å². The van der Waals surface area contributed by atoms with Gasteiger partial charge in [0.1, 0.15) is 5.69 Å². The van der Waals surface area contributed by atoms with Crippen molar-refractivity contribution in [3.8, 4) is 0 Å². The summed E-state index contributed by atoms with van der Waals surface area (Å²) < 4.78 is 0.610. The number of pyridine rings is 1. The largest absolute Gasteiger partial charge is 0.618 e. The van der Waals surface area contributed by atoms with Gasteiger partial charge >= 0.3 is 0 Å². The summed E-state index contributed by atoms with van der Waals surface area (Å²) in [4.78, 5) is 0. The molecule has 0 aliphatic rings. The van der Waals surface area contributed by atoms with Gasteiger partial charge in [-0.05, 0) is 6.07 Å². The molecule has 0 radical (unpaired) electrons. The van der Waals surface area contributed by atoms with Crippen molar-refractivity contribution < 1.29 is 4.73 Å². The molecular weight excluding hydrogens is 136 g/mol. The summed E-state index contributed by atoms with van der Waals surface area (Å²) in [6.07, 6.45) is 1.35. The van der Waals surface area contributed by atoms with Crippen LogP contribution >= 0.6 is 12.6 Å². The van der Waals surface area contributed by atoms with Gasteiger partial charge < -0.3 is 10.9 Å². The van der Waals surface area contributed by atoms with Crippen molar-refractivity contribution >= 4 is 18.3 Å². The van der Waals surface area contributed by atoms with Crippen LogP contribution in [0.5, 0.6) is 0 Å². The molecule has 0 atom stereocenters. The van der Waals surface area contributed by atoms with Gasteiger partial charge in [-0.2, -0.15) is 4.73 Å². The number of hydrogen-bond donors (Lipinski definition) is 2. The first-order valence-corrected chi connectivity index (χ1v) is 2.83. The lowest BCUT2D eigenvalue weighted by atomic mass is 10.4. The summed E-state index contributed by atoms with van der Waals surface area (Å²) in [7, 11) is 0. The molecule has 1 rings (SSSR count). The number of nitrogens with two attached hydrogens (primary N) is 1. The molecule has 0 aromatic carbocycles. The van der Waals surface area contributed by atoms with Crippen LogP contribution in [0.25, 0.3) is 0 Å². The Morgan fingerprint density at radius 2 is 2.33 bits per heavy atom.